The molecule has 1 atom stereocenters. The average molecular weight is 333 g/mol. The van der Waals surface area contributed by atoms with Gasteiger partial charge < -0.3 is 14.4 Å². The second-order valence-electron chi connectivity index (χ2n) is 6.30. The Morgan fingerprint density at radius 2 is 2.08 bits per heavy atom. The highest BCUT2D eigenvalue weighted by Crippen LogP contribution is 2.21. The molecular formula is C19H27NO4. The Hall–Kier alpha value is -2.04. The van der Waals surface area contributed by atoms with E-state index in [1.807, 2.05) is 32.0 Å². The lowest BCUT2D eigenvalue weighted by molar-refractivity contribution is -0.151. The second kappa shape index (κ2) is 8.71. The minimum atomic E-state index is -0.193. The van der Waals surface area contributed by atoms with E-state index in [0.717, 1.165) is 29.7 Å². The van der Waals surface area contributed by atoms with Gasteiger partial charge in [-0.3, -0.25) is 9.59 Å². The molecule has 1 aromatic rings. The SMILES string of the molecule is CCOC(=O)C1CCCN(C(=O)CCOc2cc(C)ccc2C)C1. The van der Waals surface area contributed by atoms with Crippen molar-refractivity contribution in [3.8, 4) is 5.75 Å². The molecule has 0 radical (unpaired) electrons. The number of benzene rings is 1. The molecule has 5 heteroatoms. The van der Waals surface area contributed by atoms with Crippen molar-refractivity contribution in [2.75, 3.05) is 26.3 Å². The first kappa shape index (κ1) is 18.3. The van der Waals surface area contributed by atoms with Crippen molar-refractivity contribution in [1.82, 2.24) is 4.90 Å². The van der Waals surface area contributed by atoms with Crippen LogP contribution < -0.4 is 4.74 Å². The number of nitrogens with zero attached hydrogens (tertiary/aromatic N) is 1. The minimum Gasteiger partial charge on any atom is -0.493 e. The molecule has 0 N–H and O–H groups in total. The van der Waals surface area contributed by atoms with Gasteiger partial charge in [0.05, 0.1) is 25.6 Å². The van der Waals surface area contributed by atoms with Gasteiger partial charge in [-0.2, -0.15) is 0 Å². The fraction of sp³-hybridized carbons (Fsp3) is 0.579. The fourth-order valence-corrected chi connectivity index (χ4v) is 2.93. The van der Waals surface area contributed by atoms with Crippen LogP contribution in [0.1, 0.15) is 37.3 Å². The molecular weight excluding hydrogens is 306 g/mol. The van der Waals surface area contributed by atoms with Crippen molar-refractivity contribution < 1.29 is 19.1 Å². The van der Waals surface area contributed by atoms with Crippen molar-refractivity contribution in [2.45, 2.75) is 40.0 Å². The van der Waals surface area contributed by atoms with Crippen molar-refractivity contribution in [1.29, 1.82) is 0 Å². The van der Waals surface area contributed by atoms with Gasteiger partial charge in [0.2, 0.25) is 5.91 Å². The Morgan fingerprint density at radius 1 is 1.29 bits per heavy atom. The van der Waals surface area contributed by atoms with Crippen molar-refractivity contribution in [2.24, 2.45) is 5.92 Å². The summed E-state index contributed by atoms with van der Waals surface area (Å²) in [6.07, 6.45) is 1.96. The van der Waals surface area contributed by atoms with Gasteiger partial charge in [-0.25, -0.2) is 0 Å². The highest BCUT2D eigenvalue weighted by atomic mass is 16.5. The molecule has 0 spiro atoms. The molecule has 0 aromatic heterocycles. The number of carbonyl (C=O) groups excluding carboxylic acids is 2. The second-order valence-corrected chi connectivity index (χ2v) is 6.30. The summed E-state index contributed by atoms with van der Waals surface area (Å²) in [5.74, 6) is 0.476. The molecule has 5 nitrogen and oxygen atoms in total. The lowest BCUT2D eigenvalue weighted by Crippen LogP contribution is -2.43. The van der Waals surface area contributed by atoms with Crippen molar-refractivity contribution in [3.05, 3.63) is 29.3 Å². The summed E-state index contributed by atoms with van der Waals surface area (Å²) < 4.78 is 10.8. The Kier molecular flexibility index (Phi) is 6.64. The largest absolute Gasteiger partial charge is 0.493 e. The van der Waals surface area contributed by atoms with Crippen LogP contribution in [0.25, 0.3) is 0 Å². The number of amides is 1. The Balaban J connectivity index is 1.81. The molecule has 1 aliphatic heterocycles. The summed E-state index contributed by atoms with van der Waals surface area (Å²) in [5, 5.41) is 0. The molecule has 1 amide bonds. The standard InChI is InChI=1S/C19H27NO4/c1-4-23-19(22)16-6-5-10-20(13-16)18(21)9-11-24-17-12-14(2)7-8-15(17)3/h7-8,12,16H,4-6,9-11,13H2,1-3H3. The summed E-state index contributed by atoms with van der Waals surface area (Å²) in [6, 6.07) is 6.04. The molecule has 132 valence electrons. The van der Waals surface area contributed by atoms with E-state index in [4.69, 9.17) is 9.47 Å². The van der Waals surface area contributed by atoms with E-state index in [2.05, 4.69) is 0 Å². The van der Waals surface area contributed by atoms with Gasteiger partial charge in [-0.1, -0.05) is 12.1 Å². The topological polar surface area (TPSA) is 55.8 Å². The zero-order valence-electron chi connectivity index (χ0n) is 14.8. The van der Waals surface area contributed by atoms with Crippen LogP contribution in [0.5, 0.6) is 5.75 Å². The number of rotatable bonds is 6. The number of hydrogen-bond donors (Lipinski definition) is 0. The van der Waals surface area contributed by atoms with Crippen LogP contribution in [0, 0.1) is 19.8 Å². The van der Waals surface area contributed by atoms with E-state index in [9.17, 15) is 9.59 Å². The van der Waals surface area contributed by atoms with E-state index >= 15 is 0 Å². The lowest BCUT2D eigenvalue weighted by Gasteiger charge is -2.31. The van der Waals surface area contributed by atoms with E-state index in [1.54, 1.807) is 11.8 Å². The third kappa shape index (κ3) is 4.98. The average Bonchev–Trinajstić information content (AvgIpc) is 2.58. The monoisotopic (exact) mass is 333 g/mol. The molecule has 2 rings (SSSR count). The number of carbonyl (C=O) groups is 2. The first-order valence-corrected chi connectivity index (χ1v) is 8.65. The molecule has 0 saturated carbocycles. The summed E-state index contributed by atoms with van der Waals surface area (Å²) in [6.45, 7) is 7.70. The summed E-state index contributed by atoms with van der Waals surface area (Å²) in [7, 11) is 0. The van der Waals surface area contributed by atoms with E-state index in [1.165, 1.54) is 0 Å². The molecule has 1 heterocycles. The molecule has 0 aliphatic carbocycles. The highest BCUT2D eigenvalue weighted by molar-refractivity contribution is 5.78. The molecule has 0 bridgehead atoms. The fourth-order valence-electron chi connectivity index (χ4n) is 2.93. The van der Waals surface area contributed by atoms with E-state index < -0.39 is 0 Å². The van der Waals surface area contributed by atoms with Gasteiger partial charge in [0.25, 0.3) is 0 Å². The van der Waals surface area contributed by atoms with Crippen LogP contribution in [0.2, 0.25) is 0 Å². The highest BCUT2D eigenvalue weighted by Gasteiger charge is 2.29. The maximum Gasteiger partial charge on any atom is 0.310 e. The van der Waals surface area contributed by atoms with Gasteiger partial charge in [0.15, 0.2) is 0 Å². The summed E-state index contributed by atoms with van der Waals surface area (Å²) >= 11 is 0. The Labute approximate surface area is 143 Å². The predicted molar refractivity (Wildman–Crippen MR) is 92.0 cm³/mol. The third-order valence-electron chi connectivity index (χ3n) is 4.31. The minimum absolute atomic E-state index is 0.0364. The zero-order valence-corrected chi connectivity index (χ0v) is 14.8. The zero-order chi connectivity index (χ0) is 17.5. The van der Waals surface area contributed by atoms with Gasteiger partial charge in [-0.05, 0) is 50.8 Å². The van der Waals surface area contributed by atoms with Crippen molar-refractivity contribution >= 4 is 11.9 Å². The number of likely N-dealkylation sites (tertiary alicyclic amines) is 1. The first-order chi connectivity index (χ1) is 11.5. The smallest absolute Gasteiger partial charge is 0.310 e. The molecule has 24 heavy (non-hydrogen) atoms. The van der Waals surface area contributed by atoms with Crippen LogP contribution in [0.15, 0.2) is 18.2 Å². The maximum absolute atomic E-state index is 12.4. The van der Waals surface area contributed by atoms with Crippen LogP contribution in [-0.2, 0) is 14.3 Å². The van der Waals surface area contributed by atoms with Gasteiger partial charge in [-0.15, -0.1) is 0 Å². The van der Waals surface area contributed by atoms with Gasteiger partial charge in [0, 0.05) is 13.1 Å². The Bertz CT molecular complexity index is 585. The van der Waals surface area contributed by atoms with Crippen LogP contribution in [0.3, 0.4) is 0 Å². The summed E-state index contributed by atoms with van der Waals surface area (Å²) in [5.41, 5.74) is 2.20. The lowest BCUT2D eigenvalue weighted by atomic mass is 9.98. The number of aryl methyl sites for hydroxylation is 2. The quantitative estimate of drug-likeness (QED) is 0.751. The number of hydrogen-bond acceptors (Lipinski definition) is 4. The van der Waals surface area contributed by atoms with Crippen LogP contribution >= 0.6 is 0 Å². The number of esters is 1. The first-order valence-electron chi connectivity index (χ1n) is 8.65. The predicted octanol–water partition coefficient (Wildman–Crippen LogP) is 2.87. The van der Waals surface area contributed by atoms with Crippen LogP contribution in [0.4, 0.5) is 0 Å². The molecule has 1 unspecified atom stereocenters. The van der Waals surface area contributed by atoms with Gasteiger partial charge >= 0.3 is 5.97 Å². The van der Waals surface area contributed by atoms with Gasteiger partial charge in [0.1, 0.15) is 5.75 Å². The van der Waals surface area contributed by atoms with Crippen LogP contribution in [-0.4, -0.2) is 43.1 Å². The molecule has 1 aliphatic rings. The van der Waals surface area contributed by atoms with E-state index in [-0.39, 0.29) is 17.8 Å². The number of piperidine rings is 1. The molecule has 1 aromatic carbocycles. The third-order valence-corrected chi connectivity index (χ3v) is 4.31. The number of ether oxygens (including phenoxy) is 2. The maximum atomic E-state index is 12.4. The Morgan fingerprint density at radius 3 is 2.83 bits per heavy atom. The van der Waals surface area contributed by atoms with E-state index in [0.29, 0.717) is 32.7 Å². The molecule has 1 saturated heterocycles. The van der Waals surface area contributed by atoms with Crippen molar-refractivity contribution in [3.63, 3.8) is 0 Å². The molecule has 1 fully saturated rings. The summed E-state index contributed by atoms with van der Waals surface area (Å²) in [4.78, 5) is 26.0. The normalized spacial score (nSPS) is 17.5.